The van der Waals surface area contributed by atoms with Crippen molar-refractivity contribution in [3.63, 3.8) is 0 Å². The Kier molecular flexibility index (Phi) is 2.21. The number of hydrogen-bond acceptors (Lipinski definition) is 1. The predicted octanol–water partition coefficient (Wildman–Crippen LogP) is 3.01. The summed E-state index contributed by atoms with van der Waals surface area (Å²) < 4.78 is 0. The molecule has 0 spiro atoms. The van der Waals surface area contributed by atoms with Crippen LogP contribution in [0, 0.1) is 29.6 Å². The zero-order valence-electron chi connectivity index (χ0n) is 12.5. The molecule has 1 aliphatic heterocycles. The largest absolute Gasteiger partial charge is 0.336 e. The van der Waals surface area contributed by atoms with E-state index >= 15 is 0 Å². The second-order valence-electron chi connectivity index (χ2n) is 8.58. The molecule has 110 valence electrons. The highest BCUT2D eigenvalue weighted by molar-refractivity contribution is 5.78. The summed E-state index contributed by atoms with van der Waals surface area (Å²) in [5.74, 6) is 4.37. The van der Waals surface area contributed by atoms with E-state index in [0.29, 0.717) is 6.04 Å². The quantitative estimate of drug-likeness (QED) is 0.825. The van der Waals surface area contributed by atoms with Crippen LogP contribution in [0.5, 0.6) is 0 Å². The van der Waals surface area contributed by atoms with Crippen molar-refractivity contribution >= 4 is 6.03 Å². The van der Waals surface area contributed by atoms with Gasteiger partial charge in [0.2, 0.25) is 0 Å². The molecule has 6 aliphatic rings. The van der Waals surface area contributed by atoms with Crippen LogP contribution in [0.2, 0.25) is 0 Å². The molecule has 3 nitrogen and oxygen atoms in total. The van der Waals surface area contributed by atoms with E-state index in [1.54, 1.807) is 0 Å². The van der Waals surface area contributed by atoms with Gasteiger partial charge in [-0.15, -0.1) is 0 Å². The minimum atomic E-state index is 0.122. The Balaban J connectivity index is 1.50. The Morgan fingerprint density at radius 2 is 1.65 bits per heavy atom. The van der Waals surface area contributed by atoms with Crippen molar-refractivity contribution in [3.05, 3.63) is 0 Å². The molecule has 0 aromatic heterocycles. The first kappa shape index (κ1) is 11.9. The maximum Gasteiger partial charge on any atom is 0.318 e. The van der Waals surface area contributed by atoms with Crippen molar-refractivity contribution in [2.45, 2.75) is 63.5 Å². The molecule has 5 saturated carbocycles. The lowest BCUT2D eigenvalue weighted by atomic mass is 9.53. The normalized spacial score (nSPS) is 53.5. The fourth-order valence-electron chi connectivity index (χ4n) is 6.50. The lowest BCUT2D eigenvalue weighted by molar-refractivity contribution is -0.0719. The van der Waals surface area contributed by atoms with Crippen LogP contribution in [0.25, 0.3) is 0 Å². The molecular weight excluding hydrogens is 248 g/mol. The molecule has 0 aromatic rings. The monoisotopic (exact) mass is 274 g/mol. The van der Waals surface area contributed by atoms with Crippen molar-refractivity contribution in [1.82, 2.24) is 10.2 Å². The Hall–Kier alpha value is -0.730. The van der Waals surface area contributed by atoms with Crippen LogP contribution in [0.3, 0.4) is 0 Å². The van der Waals surface area contributed by atoms with Crippen molar-refractivity contribution in [3.8, 4) is 0 Å². The summed E-state index contributed by atoms with van der Waals surface area (Å²) in [6.07, 6.45) is 9.77. The van der Waals surface area contributed by atoms with Gasteiger partial charge in [-0.3, -0.25) is 0 Å². The molecule has 1 atom stereocenters. The first-order chi connectivity index (χ1) is 9.65. The minimum Gasteiger partial charge on any atom is -0.336 e. The van der Waals surface area contributed by atoms with E-state index in [1.807, 2.05) is 0 Å². The third kappa shape index (κ3) is 1.44. The van der Waals surface area contributed by atoms with E-state index < -0.39 is 0 Å². The van der Waals surface area contributed by atoms with E-state index in [2.05, 4.69) is 17.1 Å². The molecular formula is C17H26N2O. The molecule has 4 bridgehead atoms. The van der Waals surface area contributed by atoms with Gasteiger partial charge >= 0.3 is 6.03 Å². The van der Waals surface area contributed by atoms with E-state index in [9.17, 15) is 4.79 Å². The number of nitrogens with one attached hydrogen (secondary N) is 1. The zero-order valence-corrected chi connectivity index (χ0v) is 12.5. The lowest BCUT2D eigenvalue weighted by Gasteiger charge is -2.58. The van der Waals surface area contributed by atoms with Crippen LogP contribution in [0.1, 0.15) is 51.9 Å². The third-order valence-corrected chi connectivity index (χ3v) is 7.30. The summed E-state index contributed by atoms with van der Waals surface area (Å²) in [5.41, 5.74) is 0.122. The van der Waals surface area contributed by atoms with Crippen molar-refractivity contribution in [2.75, 3.05) is 6.54 Å². The van der Waals surface area contributed by atoms with Gasteiger partial charge < -0.3 is 10.2 Å². The molecule has 1 unspecified atom stereocenters. The van der Waals surface area contributed by atoms with Crippen LogP contribution in [-0.4, -0.2) is 29.1 Å². The molecule has 20 heavy (non-hydrogen) atoms. The van der Waals surface area contributed by atoms with Gasteiger partial charge in [0.05, 0.1) is 5.54 Å². The zero-order chi connectivity index (χ0) is 13.5. The van der Waals surface area contributed by atoms with Crippen LogP contribution >= 0.6 is 0 Å². The average molecular weight is 274 g/mol. The minimum absolute atomic E-state index is 0.122. The molecule has 1 heterocycles. The summed E-state index contributed by atoms with van der Waals surface area (Å²) in [6, 6.07) is 0.813. The number of urea groups is 1. The standard InChI is InChI=1S/C17H26N2O/c1-17(14-2-3-14)9-18-16(20)19(17)15-12-5-10-4-11(7-12)8-13(15)6-10/h10-15H,2-9H2,1H3,(H,18,20). The van der Waals surface area contributed by atoms with E-state index in [4.69, 9.17) is 0 Å². The van der Waals surface area contributed by atoms with Gasteiger partial charge in [0.1, 0.15) is 0 Å². The van der Waals surface area contributed by atoms with Crippen LogP contribution in [0.4, 0.5) is 4.79 Å². The molecule has 5 aliphatic carbocycles. The van der Waals surface area contributed by atoms with Gasteiger partial charge in [-0.25, -0.2) is 4.79 Å². The highest BCUT2D eigenvalue weighted by Crippen LogP contribution is 2.57. The Morgan fingerprint density at radius 3 is 2.20 bits per heavy atom. The van der Waals surface area contributed by atoms with Crippen molar-refractivity contribution in [1.29, 1.82) is 0 Å². The first-order valence-corrected chi connectivity index (χ1v) is 8.72. The van der Waals surface area contributed by atoms with Crippen molar-refractivity contribution < 1.29 is 4.79 Å². The molecule has 6 rings (SSSR count). The Labute approximate surface area is 121 Å². The molecule has 6 fully saturated rings. The lowest BCUT2D eigenvalue weighted by Crippen LogP contribution is -2.62. The second kappa shape index (κ2) is 3.72. The number of amides is 2. The summed E-state index contributed by atoms with van der Waals surface area (Å²) in [6.45, 7) is 3.24. The van der Waals surface area contributed by atoms with Crippen LogP contribution < -0.4 is 5.32 Å². The molecule has 1 saturated heterocycles. The molecule has 1 N–H and O–H groups in total. The summed E-state index contributed by atoms with van der Waals surface area (Å²) >= 11 is 0. The van der Waals surface area contributed by atoms with Crippen molar-refractivity contribution in [2.24, 2.45) is 29.6 Å². The van der Waals surface area contributed by atoms with Gasteiger partial charge in [-0.1, -0.05) is 0 Å². The smallest absolute Gasteiger partial charge is 0.318 e. The fourth-order valence-corrected chi connectivity index (χ4v) is 6.50. The number of rotatable bonds is 2. The maximum absolute atomic E-state index is 12.6. The van der Waals surface area contributed by atoms with Gasteiger partial charge in [-0.05, 0) is 81.5 Å². The molecule has 0 radical (unpaired) electrons. The second-order valence-corrected chi connectivity index (χ2v) is 8.58. The fraction of sp³-hybridized carbons (Fsp3) is 0.941. The van der Waals surface area contributed by atoms with E-state index in [-0.39, 0.29) is 11.6 Å². The maximum atomic E-state index is 12.6. The van der Waals surface area contributed by atoms with Gasteiger partial charge in [0, 0.05) is 12.6 Å². The molecule has 2 amide bonds. The number of carbonyl (C=O) groups is 1. The van der Waals surface area contributed by atoms with E-state index in [1.165, 1.54) is 44.9 Å². The number of nitrogens with zero attached hydrogens (tertiary/aromatic N) is 1. The van der Waals surface area contributed by atoms with Gasteiger partial charge in [0.15, 0.2) is 0 Å². The van der Waals surface area contributed by atoms with Gasteiger partial charge in [0.25, 0.3) is 0 Å². The average Bonchev–Trinajstić information content (AvgIpc) is 3.20. The Bertz CT molecular complexity index is 430. The topological polar surface area (TPSA) is 32.3 Å². The van der Waals surface area contributed by atoms with Crippen LogP contribution in [-0.2, 0) is 0 Å². The van der Waals surface area contributed by atoms with E-state index in [0.717, 1.165) is 36.1 Å². The summed E-state index contributed by atoms with van der Waals surface area (Å²) in [7, 11) is 0. The summed E-state index contributed by atoms with van der Waals surface area (Å²) in [4.78, 5) is 14.9. The van der Waals surface area contributed by atoms with Crippen LogP contribution in [0.15, 0.2) is 0 Å². The summed E-state index contributed by atoms with van der Waals surface area (Å²) in [5, 5.41) is 3.18. The number of hydrogen-bond donors (Lipinski definition) is 1. The predicted molar refractivity (Wildman–Crippen MR) is 77.2 cm³/mol. The third-order valence-electron chi connectivity index (χ3n) is 7.30. The van der Waals surface area contributed by atoms with Gasteiger partial charge in [-0.2, -0.15) is 0 Å². The molecule has 0 aromatic carbocycles. The highest BCUT2D eigenvalue weighted by Gasteiger charge is 2.59. The Morgan fingerprint density at radius 1 is 1.05 bits per heavy atom. The first-order valence-electron chi connectivity index (χ1n) is 8.72. The molecule has 3 heteroatoms. The highest BCUT2D eigenvalue weighted by atomic mass is 16.2. The SMILES string of the molecule is CC1(C2CC2)CNC(=O)N1C1C2CC3CC(C2)CC1C3. The number of carbonyl (C=O) groups excluding carboxylic acids is 1.